The maximum absolute atomic E-state index is 11.2. The number of aromatic nitrogens is 2. The normalized spacial score (nSPS) is 11.9. The minimum absolute atomic E-state index is 0.0858. The molecule has 0 aliphatic carbocycles. The van der Waals surface area contributed by atoms with Gasteiger partial charge < -0.3 is 10.6 Å². The number of rotatable bonds is 9. The van der Waals surface area contributed by atoms with E-state index in [1.165, 1.54) is 6.33 Å². The van der Waals surface area contributed by atoms with E-state index in [1.54, 1.807) is 11.8 Å². The van der Waals surface area contributed by atoms with Crippen molar-refractivity contribution in [3.63, 3.8) is 0 Å². The first-order valence-electron chi connectivity index (χ1n) is 6.56. The lowest BCUT2D eigenvalue weighted by molar-refractivity contribution is -0.383. The summed E-state index contributed by atoms with van der Waals surface area (Å²) in [6, 6.07) is 0. The van der Waals surface area contributed by atoms with Crippen molar-refractivity contribution in [1.82, 2.24) is 9.97 Å². The van der Waals surface area contributed by atoms with E-state index < -0.39 is 4.92 Å². The SMILES string of the molecule is CCCNc1ncnc(NCC(C)CSC)c1[N+](=O)[O-]. The number of anilines is 2. The van der Waals surface area contributed by atoms with Gasteiger partial charge in [-0.15, -0.1) is 0 Å². The first kappa shape index (κ1) is 16.5. The molecule has 7 nitrogen and oxygen atoms in total. The monoisotopic (exact) mass is 299 g/mol. The Bertz CT molecular complexity index is 444. The summed E-state index contributed by atoms with van der Waals surface area (Å²) in [6.45, 7) is 5.36. The van der Waals surface area contributed by atoms with E-state index in [0.717, 1.165) is 12.2 Å². The minimum atomic E-state index is -0.445. The van der Waals surface area contributed by atoms with Gasteiger partial charge in [-0.3, -0.25) is 10.1 Å². The van der Waals surface area contributed by atoms with Crippen molar-refractivity contribution < 1.29 is 4.92 Å². The predicted octanol–water partition coefficient (Wildman–Crippen LogP) is 2.62. The molecule has 1 aromatic heterocycles. The van der Waals surface area contributed by atoms with Gasteiger partial charge in [-0.1, -0.05) is 13.8 Å². The molecule has 2 N–H and O–H groups in total. The maximum Gasteiger partial charge on any atom is 0.353 e. The van der Waals surface area contributed by atoms with Crippen molar-refractivity contribution >= 4 is 29.1 Å². The fourth-order valence-electron chi connectivity index (χ4n) is 1.67. The third kappa shape index (κ3) is 4.84. The molecular weight excluding hydrogens is 278 g/mol. The highest BCUT2D eigenvalue weighted by molar-refractivity contribution is 7.98. The highest BCUT2D eigenvalue weighted by Crippen LogP contribution is 2.28. The van der Waals surface area contributed by atoms with Gasteiger partial charge >= 0.3 is 5.69 Å². The summed E-state index contributed by atoms with van der Waals surface area (Å²) in [5, 5.41) is 17.2. The van der Waals surface area contributed by atoms with E-state index in [2.05, 4.69) is 27.5 Å². The van der Waals surface area contributed by atoms with Crippen LogP contribution >= 0.6 is 11.8 Å². The van der Waals surface area contributed by atoms with Crippen LogP contribution in [0.25, 0.3) is 0 Å². The first-order chi connectivity index (χ1) is 9.60. The van der Waals surface area contributed by atoms with E-state index in [1.807, 2.05) is 13.2 Å². The summed E-state index contributed by atoms with van der Waals surface area (Å²) in [5.41, 5.74) is -0.0858. The Morgan fingerprint density at radius 3 is 2.60 bits per heavy atom. The molecule has 0 saturated heterocycles. The molecule has 0 saturated carbocycles. The number of hydrogen-bond donors (Lipinski definition) is 2. The number of nitrogens with one attached hydrogen (secondary N) is 2. The molecule has 0 aromatic carbocycles. The molecule has 0 bridgehead atoms. The molecule has 1 rings (SSSR count). The van der Waals surface area contributed by atoms with E-state index in [4.69, 9.17) is 0 Å². The molecule has 1 heterocycles. The average molecular weight is 299 g/mol. The van der Waals surface area contributed by atoms with Crippen molar-refractivity contribution in [2.75, 3.05) is 35.7 Å². The lowest BCUT2D eigenvalue weighted by Crippen LogP contribution is -2.16. The summed E-state index contributed by atoms with van der Waals surface area (Å²) >= 11 is 1.75. The molecule has 1 aromatic rings. The van der Waals surface area contributed by atoms with E-state index in [9.17, 15) is 10.1 Å². The molecule has 0 radical (unpaired) electrons. The molecule has 0 aliphatic heterocycles. The van der Waals surface area contributed by atoms with Crippen molar-refractivity contribution in [1.29, 1.82) is 0 Å². The molecule has 0 aliphatic rings. The second-order valence-corrected chi connectivity index (χ2v) is 5.46. The second-order valence-electron chi connectivity index (χ2n) is 4.54. The lowest BCUT2D eigenvalue weighted by atomic mass is 10.2. The average Bonchev–Trinajstić information content (AvgIpc) is 2.42. The lowest BCUT2D eigenvalue weighted by Gasteiger charge is -2.13. The zero-order valence-electron chi connectivity index (χ0n) is 12.0. The molecule has 0 spiro atoms. The fourth-order valence-corrected chi connectivity index (χ4v) is 2.36. The Hall–Kier alpha value is -1.57. The highest BCUT2D eigenvalue weighted by atomic mass is 32.2. The summed E-state index contributed by atoms with van der Waals surface area (Å²) in [5.74, 6) is 1.95. The molecule has 1 atom stereocenters. The molecule has 1 unspecified atom stereocenters. The Labute approximate surface area is 123 Å². The largest absolute Gasteiger partial charge is 0.364 e. The Morgan fingerprint density at radius 2 is 2.05 bits per heavy atom. The van der Waals surface area contributed by atoms with Gasteiger partial charge in [-0.25, -0.2) is 9.97 Å². The van der Waals surface area contributed by atoms with Crippen molar-refractivity contribution in [2.45, 2.75) is 20.3 Å². The van der Waals surface area contributed by atoms with Gasteiger partial charge in [-0.2, -0.15) is 11.8 Å². The van der Waals surface area contributed by atoms with E-state index >= 15 is 0 Å². The summed E-state index contributed by atoms with van der Waals surface area (Å²) < 4.78 is 0. The molecule has 112 valence electrons. The van der Waals surface area contributed by atoms with Crippen LogP contribution in [0.1, 0.15) is 20.3 Å². The third-order valence-electron chi connectivity index (χ3n) is 2.62. The van der Waals surface area contributed by atoms with Gasteiger partial charge in [0.05, 0.1) is 4.92 Å². The van der Waals surface area contributed by atoms with Gasteiger partial charge in [0.1, 0.15) is 6.33 Å². The fraction of sp³-hybridized carbons (Fsp3) is 0.667. The summed E-state index contributed by atoms with van der Waals surface area (Å²) in [7, 11) is 0. The van der Waals surface area contributed by atoms with Crippen LogP contribution in [-0.4, -0.2) is 40.0 Å². The van der Waals surface area contributed by atoms with E-state index in [0.29, 0.717) is 19.0 Å². The van der Waals surface area contributed by atoms with Crippen LogP contribution in [0.15, 0.2) is 6.33 Å². The standard InChI is InChI=1S/C12H21N5O2S/c1-4-5-13-11-10(17(18)19)12(16-8-15-11)14-6-9(2)7-20-3/h8-9H,4-7H2,1-3H3,(H2,13,14,15,16). The van der Waals surface area contributed by atoms with Crippen LogP contribution in [-0.2, 0) is 0 Å². The highest BCUT2D eigenvalue weighted by Gasteiger charge is 2.22. The van der Waals surface area contributed by atoms with Gasteiger partial charge in [0.2, 0.25) is 11.6 Å². The Morgan fingerprint density at radius 1 is 1.40 bits per heavy atom. The van der Waals surface area contributed by atoms with Crippen LogP contribution in [0, 0.1) is 16.0 Å². The van der Waals surface area contributed by atoms with Crippen molar-refractivity contribution in [3.05, 3.63) is 16.4 Å². The molecular formula is C12H21N5O2S. The van der Waals surface area contributed by atoms with Crippen molar-refractivity contribution in [2.24, 2.45) is 5.92 Å². The zero-order chi connectivity index (χ0) is 15.0. The van der Waals surface area contributed by atoms with Gasteiger partial charge in [0.25, 0.3) is 0 Å². The zero-order valence-corrected chi connectivity index (χ0v) is 12.9. The van der Waals surface area contributed by atoms with Crippen LogP contribution in [0.3, 0.4) is 0 Å². The van der Waals surface area contributed by atoms with E-state index in [-0.39, 0.29) is 17.3 Å². The third-order valence-corrected chi connectivity index (χ3v) is 3.52. The van der Waals surface area contributed by atoms with Crippen molar-refractivity contribution in [3.8, 4) is 0 Å². The number of nitrogens with zero attached hydrogens (tertiary/aromatic N) is 3. The summed E-state index contributed by atoms with van der Waals surface area (Å²) in [6.07, 6.45) is 4.25. The molecule has 8 heteroatoms. The smallest absolute Gasteiger partial charge is 0.353 e. The summed E-state index contributed by atoms with van der Waals surface area (Å²) in [4.78, 5) is 18.7. The molecule has 0 amide bonds. The number of hydrogen-bond acceptors (Lipinski definition) is 7. The number of thioether (sulfide) groups is 1. The quantitative estimate of drug-likeness (QED) is 0.534. The van der Waals surface area contributed by atoms with Crippen LogP contribution in [0.4, 0.5) is 17.3 Å². The number of nitro groups is 1. The van der Waals surface area contributed by atoms with Crippen LogP contribution < -0.4 is 10.6 Å². The predicted molar refractivity (Wildman–Crippen MR) is 83.5 cm³/mol. The van der Waals surface area contributed by atoms with Crippen LogP contribution in [0.5, 0.6) is 0 Å². The van der Waals surface area contributed by atoms with Gasteiger partial charge in [-0.05, 0) is 24.3 Å². The molecule has 0 fully saturated rings. The Kier molecular flexibility index (Phi) is 7.06. The second kappa shape index (κ2) is 8.57. The Balaban J connectivity index is 2.86. The maximum atomic E-state index is 11.2. The van der Waals surface area contributed by atoms with Gasteiger partial charge in [0.15, 0.2) is 0 Å². The van der Waals surface area contributed by atoms with Crippen LogP contribution in [0.2, 0.25) is 0 Å². The topological polar surface area (TPSA) is 93.0 Å². The minimum Gasteiger partial charge on any atom is -0.364 e. The van der Waals surface area contributed by atoms with Gasteiger partial charge in [0, 0.05) is 13.1 Å². The first-order valence-corrected chi connectivity index (χ1v) is 7.95. The molecule has 20 heavy (non-hydrogen) atoms.